The van der Waals surface area contributed by atoms with E-state index in [0.717, 1.165) is 0 Å². The Hall–Kier alpha value is -2.84. The molecule has 0 atom stereocenters. The van der Waals surface area contributed by atoms with Gasteiger partial charge in [-0.1, -0.05) is 32.0 Å². The Morgan fingerprint density at radius 3 is 2.29 bits per heavy atom. The lowest BCUT2D eigenvalue weighted by atomic mass is 10.3. The number of halogens is 3. The van der Waals surface area contributed by atoms with Crippen LogP contribution in [0.25, 0.3) is 11.3 Å². The van der Waals surface area contributed by atoms with E-state index in [-0.39, 0.29) is 23.0 Å². The Labute approximate surface area is 136 Å². The second-order valence-electron chi connectivity index (χ2n) is 4.33. The Kier molecular flexibility index (Phi) is 5.22. The minimum absolute atomic E-state index is 0.0524. The number of aromatic amines is 1. The lowest BCUT2D eigenvalue weighted by Crippen LogP contribution is -2.06. The zero-order valence-electron chi connectivity index (χ0n) is 13.3. The molecule has 1 aromatic carbocycles. The second-order valence-corrected chi connectivity index (χ2v) is 4.33. The topological polar surface area (TPSA) is 75.7 Å². The van der Waals surface area contributed by atoms with E-state index in [4.69, 9.17) is 4.74 Å². The summed E-state index contributed by atoms with van der Waals surface area (Å²) in [6.07, 6.45) is -4.59. The molecule has 0 unspecified atom stereocenters. The number of para-hydroxylation sites is 1. The molecule has 0 saturated carbocycles. The number of hydrogen-bond donors (Lipinski definition) is 2. The number of alkyl halides is 3. The summed E-state index contributed by atoms with van der Waals surface area (Å²) in [5.74, 6) is -0.906. The van der Waals surface area contributed by atoms with Gasteiger partial charge in [-0.25, -0.2) is 9.97 Å². The van der Waals surface area contributed by atoms with E-state index < -0.39 is 12.0 Å². The van der Waals surface area contributed by atoms with Crippen LogP contribution in [0.15, 0.2) is 30.3 Å². The van der Waals surface area contributed by atoms with Crippen LogP contribution in [0.3, 0.4) is 0 Å². The molecule has 3 rings (SSSR count). The van der Waals surface area contributed by atoms with Crippen molar-refractivity contribution < 1.29 is 17.9 Å². The first-order valence-corrected chi connectivity index (χ1v) is 7.18. The molecule has 0 spiro atoms. The van der Waals surface area contributed by atoms with Gasteiger partial charge in [0, 0.05) is 5.69 Å². The van der Waals surface area contributed by atoms with Crippen molar-refractivity contribution >= 4 is 22.8 Å². The normalized spacial score (nSPS) is 10.9. The monoisotopic (exact) mass is 339 g/mol. The van der Waals surface area contributed by atoms with Gasteiger partial charge in [-0.3, -0.25) is 0 Å². The predicted molar refractivity (Wildman–Crippen MR) is 84.3 cm³/mol. The fraction of sp³-hybridized carbons (Fsp3) is 0.267. The third kappa shape index (κ3) is 3.73. The van der Waals surface area contributed by atoms with Gasteiger partial charge < -0.3 is 15.0 Å². The lowest BCUT2D eigenvalue weighted by molar-refractivity contribution is -0.144. The summed E-state index contributed by atoms with van der Waals surface area (Å²) < 4.78 is 43.0. The number of imidazole rings is 1. The number of fused-ring (bicyclic) bond motifs is 1. The van der Waals surface area contributed by atoms with Crippen LogP contribution in [-0.2, 0) is 6.18 Å². The van der Waals surface area contributed by atoms with E-state index in [1.807, 2.05) is 19.9 Å². The van der Waals surface area contributed by atoms with Crippen LogP contribution in [0.4, 0.5) is 24.7 Å². The number of methoxy groups -OCH3 is 1. The van der Waals surface area contributed by atoms with Crippen molar-refractivity contribution in [2.75, 3.05) is 12.4 Å². The highest BCUT2D eigenvalue weighted by Crippen LogP contribution is 2.30. The fourth-order valence-electron chi connectivity index (χ4n) is 1.84. The van der Waals surface area contributed by atoms with Crippen LogP contribution in [0.5, 0.6) is 5.88 Å². The largest absolute Gasteiger partial charge is 0.478 e. The van der Waals surface area contributed by atoms with Gasteiger partial charge in [0.1, 0.15) is 0 Å². The summed E-state index contributed by atoms with van der Waals surface area (Å²) >= 11 is 0. The lowest BCUT2D eigenvalue weighted by Gasteiger charge is -2.08. The Morgan fingerprint density at radius 2 is 1.71 bits per heavy atom. The van der Waals surface area contributed by atoms with E-state index >= 15 is 0 Å². The van der Waals surface area contributed by atoms with Crippen LogP contribution in [0.2, 0.25) is 0 Å². The molecular weight excluding hydrogens is 323 g/mol. The Balaban J connectivity index is 0.00000100. The number of anilines is 2. The van der Waals surface area contributed by atoms with Gasteiger partial charge in [0.25, 0.3) is 5.88 Å². The van der Waals surface area contributed by atoms with Gasteiger partial charge in [-0.15, -0.1) is 0 Å². The van der Waals surface area contributed by atoms with Crippen molar-refractivity contribution in [2.24, 2.45) is 0 Å². The van der Waals surface area contributed by atoms with Gasteiger partial charge >= 0.3 is 6.18 Å². The van der Waals surface area contributed by atoms with Gasteiger partial charge in [-0.05, 0) is 12.1 Å². The first-order chi connectivity index (χ1) is 11.5. The molecule has 0 aliphatic carbocycles. The molecule has 24 heavy (non-hydrogen) atoms. The van der Waals surface area contributed by atoms with Gasteiger partial charge in [0.2, 0.25) is 11.5 Å². The number of nitrogens with one attached hydrogen (secondary N) is 2. The summed E-state index contributed by atoms with van der Waals surface area (Å²) in [6.45, 7) is 4.00. The molecule has 2 aromatic heterocycles. The molecule has 128 valence electrons. The third-order valence-corrected chi connectivity index (χ3v) is 2.80. The molecule has 0 aliphatic rings. The van der Waals surface area contributed by atoms with Crippen LogP contribution < -0.4 is 10.1 Å². The van der Waals surface area contributed by atoms with Crippen molar-refractivity contribution in [2.45, 2.75) is 20.0 Å². The molecule has 0 radical (unpaired) electrons. The van der Waals surface area contributed by atoms with Gasteiger partial charge in [-0.2, -0.15) is 18.2 Å². The van der Waals surface area contributed by atoms with Crippen molar-refractivity contribution in [3.63, 3.8) is 0 Å². The molecule has 0 aliphatic heterocycles. The van der Waals surface area contributed by atoms with E-state index in [1.165, 1.54) is 7.11 Å². The van der Waals surface area contributed by atoms with E-state index in [1.54, 1.807) is 24.3 Å². The first-order valence-electron chi connectivity index (χ1n) is 7.18. The van der Waals surface area contributed by atoms with Gasteiger partial charge in [0.15, 0.2) is 11.5 Å². The number of hydrogen-bond acceptors (Lipinski definition) is 5. The summed E-state index contributed by atoms with van der Waals surface area (Å²) in [6, 6.07) is 9.00. The minimum atomic E-state index is -4.59. The maximum absolute atomic E-state index is 12.7. The molecule has 3 aromatic rings. The van der Waals surface area contributed by atoms with Crippen LogP contribution in [0, 0.1) is 0 Å². The standard InChI is InChI=1S/C13H10F3N5O.C2H6/c1-22-11-10(17-7-5-3-2-4-6-7)18-8-9(19-11)21-12(20-8)13(14,15)16;1-2/h2-6H,1H3,(H2,17,18,19,20,21);1-2H3. The quantitative estimate of drug-likeness (QED) is 0.750. The number of benzene rings is 1. The smallest absolute Gasteiger partial charge is 0.449 e. The van der Waals surface area contributed by atoms with Crippen LogP contribution in [-0.4, -0.2) is 27.0 Å². The van der Waals surface area contributed by atoms with E-state index in [0.29, 0.717) is 5.69 Å². The highest BCUT2D eigenvalue weighted by molar-refractivity contribution is 5.72. The highest BCUT2D eigenvalue weighted by atomic mass is 19.4. The average Bonchev–Trinajstić information content (AvgIpc) is 3.00. The van der Waals surface area contributed by atoms with E-state index in [2.05, 4.69) is 25.3 Å². The molecule has 0 bridgehead atoms. The fourth-order valence-corrected chi connectivity index (χ4v) is 1.84. The summed E-state index contributed by atoms with van der Waals surface area (Å²) in [5.41, 5.74) is 0.458. The van der Waals surface area contributed by atoms with Crippen molar-refractivity contribution in [1.29, 1.82) is 0 Å². The van der Waals surface area contributed by atoms with Crippen molar-refractivity contribution in [3.8, 4) is 5.88 Å². The van der Waals surface area contributed by atoms with Crippen LogP contribution >= 0.6 is 0 Å². The number of rotatable bonds is 3. The number of nitrogens with zero attached hydrogens (tertiary/aromatic N) is 3. The predicted octanol–water partition coefficient (Wildman–Crippen LogP) is 4.15. The first kappa shape index (κ1) is 17.5. The van der Waals surface area contributed by atoms with Crippen molar-refractivity contribution in [3.05, 3.63) is 36.2 Å². The Bertz CT molecular complexity index is 802. The maximum Gasteiger partial charge on any atom is 0.449 e. The summed E-state index contributed by atoms with van der Waals surface area (Å²) in [7, 11) is 1.35. The number of H-pyrrole nitrogens is 1. The molecule has 2 heterocycles. The summed E-state index contributed by atoms with van der Waals surface area (Å²) in [4.78, 5) is 13.5. The van der Waals surface area contributed by atoms with Gasteiger partial charge in [0.05, 0.1) is 7.11 Å². The molecule has 0 saturated heterocycles. The zero-order valence-corrected chi connectivity index (χ0v) is 13.3. The molecule has 0 amide bonds. The SMILES string of the molecule is CC.COc1nc2nc(C(F)(F)F)[nH]c2nc1Nc1ccccc1. The molecular formula is C15H16F3N5O. The average molecular weight is 339 g/mol. The zero-order chi connectivity index (χ0) is 17.7. The maximum atomic E-state index is 12.7. The Morgan fingerprint density at radius 1 is 1.04 bits per heavy atom. The number of aromatic nitrogens is 4. The third-order valence-electron chi connectivity index (χ3n) is 2.80. The van der Waals surface area contributed by atoms with Crippen molar-refractivity contribution in [1.82, 2.24) is 19.9 Å². The van der Waals surface area contributed by atoms with E-state index in [9.17, 15) is 13.2 Å². The molecule has 9 heteroatoms. The second kappa shape index (κ2) is 7.16. The highest BCUT2D eigenvalue weighted by Gasteiger charge is 2.35. The number of ether oxygens (including phenoxy) is 1. The molecule has 0 fully saturated rings. The van der Waals surface area contributed by atoms with Crippen LogP contribution in [0.1, 0.15) is 19.7 Å². The minimum Gasteiger partial charge on any atom is -0.478 e. The molecule has 6 nitrogen and oxygen atoms in total. The summed E-state index contributed by atoms with van der Waals surface area (Å²) in [5, 5.41) is 2.94. The molecule has 2 N–H and O–H groups in total.